The van der Waals surface area contributed by atoms with Gasteiger partial charge >= 0.3 is 5.97 Å². The van der Waals surface area contributed by atoms with Gasteiger partial charge in [-0.1, -0.05) is 26.0 Å². The van der Waals surface area contributed by atoms with E-state index in [1.165, 1.54) is 18.5 Å². The molecular weight excluding hydrogens is 252 g/mol. The maximum Gasteiger partial charge on any atom is 0.325 e. The predicted octanol–water partition coefficient (Wildman–Crippen LogP) is 2.46. The number of cyclic esters (lactones) is 1. The summed E-state index contributed by atoms with van der Waals surface area (Å²) < 4.78 is 5.42. The Morgan fingerprint density at radius 1 is 1.20 bits per heavy atom. The van der Waals surface area contributed by atoms with E-state index in [4.69, 9.17) is 4.74 Å². The summed E-state index contributed by atoms with van der Waals surface area (Å²) in [6.45, 7) is 6.34. The van der Waals surface area contributed by atoms with Crippen LogP contribution in [0, 0.1) is 5.92 Å². The topological polar surface area (TPSA) is 41.6 Å². The van der Waals surface area contributed by atoms with Gasteiger partial charge in [-0.05, 0) is 30.9 Å². The van der Waals surface area contributed by atoms with Crippen LogP contribution in [0.2, 0.25) is 0 Å². The number of ether oxygens (including phenoxy) is 1. The second kappa shape index (κ2) is 5.44. The van der Waals surface area contributed by atoms with Crippen LogP contribution in [0.3, 0.4) is 0 Å². The lowest BCUT2D eigenvalue weighted by molar-refractivity contribution is -0.143. The van der Waals surface area contributed by atoms with E-state index in [-0.39, 0.29) is 24.2 Å². The van der Waals surface area contributed by atoms with Crippen molar-refractivity contribution in [2.45, 2.75) is 39.0 Å². The first kappa shape index (κ1) is 13.4. The Labute approximate surface area is 120 Å². The van der Waals surface area contributed by atoms with Crippen LogP contribution in [-0.2, 0) is 9.53 Å². The molecule has 0 aliphatic carbocycles. The maximum absolute atomic E-state index is 11.8. The highest BCUT2D eigenvalue weighted by Gasteiger charge is 2.36. The van der Waals surface area contributed by atoms with Crippen molar-refractivity contribution in [1.29, 1.82) is 0 Å². The lowest BCUT2D eigenvalue weighted by atomic mass is 10.1. The predicted molar refractivity (Wildman–Crippen MR) is 78.5 cm³/mol. The smallest absolute Gasteiger partial charge is 0.325 e. The van der Waals surface area contributed by atoms with Gasteiger partial charge in [0.25, 0.3) is 0 Å². The van der Waals surface area contributed by atoms with E-state index in [0.29, 0.717) is 0 Å². The molecule has 1 N–H and O–H groups in total. The fourth-order valence-electron chi connectivity index (χ4n) is 2.92. The van der Waals surface area contributed by atoms with Gasteiger partial charge < -0.3 is 9.64 Å². The van der Waals surface area contributed by atoms with E-state index in [1.54, 1.807) is 0 Å². The molecule has 2 unspecified atom stereocenters. The Kier molecular flexibility index (Phi) is 3.66. The summed E-state index contributed by atoms with van der Waals surface area (Å²) in [7, 11) is 0. The van der Waals surface area contributed by atoms with Gasteiger partial charge in [-0.3, -0.25) is 10.1 Å². The molecule has 1 aromatic rings. The zero-order chi connectivity index (χ0) is 14.1. The van der Waals surface area contributed by atoms with Crippen LogP contribution < -0.4 is 10.2 Å². The standard InChI is InChI=1S/C16H22N2O2/c1-11(2)14-16(19)20-15(17-14)12-5-7-13(8-6-12)18-9-3-4-10-18/h5-8,11,14-15,17H,3-4,9-10H2,1-2H3. The summed E-state index contributed by atoms with van der Waals surface area (Å²) in [4.78, 5) is 14.2. The molecular formula is C16H22N2O2. The van der Waals surface area contributed by atoms with E-state index in [9.17, 15) is 4.79 Å². The van der Waals surface area contributed by atoms with Crippen molar-refractivity contribution in [2.75, 3.05) is 18.0 Å². The van der Waals surface area contributed by atoms with Crippen molar-refractivity contribution in [3.63, 3.8) is 0 Å². The van der Waals surface area contributed by atoms with Gasteiger partial charge in [0.2, 0.25) is 0 Å². The van der Waals surface area contributed by atoms with E-state index in [1.807, 2.05) is 13.8 Å². The lowest BCUT2D eigenvalue weighted by Crippen LogP contribution is -2.33. The third-order valence-electron chi connectivity index (χ3n) is 4.15. The monoisotopic (exact) mass is 274 g/mol. The van der Waals surface area contributed by atoms with Gasteiger partial charge in [0.05, 0.1) is 0 Å². The van der Waals surface area contributed by atoms with Crippen LogP contribution in [0.4, 0.5) is 5.69 Å². The zero-order valence-electron chi connectivity index (χ0n) is 12.1. The third-order valence-corrected chi connectivity index (χ3v) is 4.15. The number of nitrogens with one attached hydrogen (secondary N) is 1. The zero-order valence-corrected chi connectivity index (χ0v) is 12.1. The van der Waals surface area contributed by atoms with Gasteiger partial charge in [0.1, 0.15) is 6.04 Å². The molecule has 0 aromatic heterocycles. The first-order valence-electron chi connectivity index (χ1n) is 7.46. The molecule has 108 valence electrons. The van der Waals surface area contributed by atoms with E-state index < -0.39 is 0 Å². The van der Waals surface area contributed by atoms with Crippen molar-refractivity contribution in [2.24, 2.45) is 5.92 Å². The molecule has 20 heavy (non-hydrogen) atoms. The molecule has 0 radical (unpaired) electrons. The van der Waals surface area contributed by atoms with Crippen LogP contribution in [0.15, 0.2) is 24.3 Å². The van der Waals surface area contributed by atoms with Crippen molar-refractivity contribution in [3.8, 4) is 0 Å². The van der Waals surface area contributed by atoms with Gasteiger partial charge in [-0.2, -0.15) is 0 Å². The van der Waals surface area contributed by atoms with Gasteiger partial charge in [0.15, 0.2) is 6.23 Å². The van der Waals surface area contributed by atoms with Crippen LogP contribution >= 0.6 is 0 Å². The van der Waals surface area contributed by atoms with Crippen LogP contribution in [-0.4, -0.2) is 25.1 Å². The number of carbonyl (C=O) groups is 1. The van der Waals surface area contributed by atoms with E-state index in [0.717, 1.165) is 18.7 Å². The number of hydrogen-bond acceptors (Lipinski definition) is 4. The molecule has 0 spiro atoms. The van der Waals surface area contributed by atoms with Crippen molar-refractivity contribution < 1.29 is 9.53 Å². The summed E-state index contributed by atoms with van der Waals surface area (Å²) in [5.41, 5.74) is 2.28. The SMILES string of the molecule is CC(C)C1NC(c2ccc(N3CCCC3)cc2)OC1=O. The Hall–Kier alpha value is -1.55. The van der Waals surface area contributed by atoms with Crippen molar-refractivity contribution >= 4 is 11.7 Å². The van der Waals surface area contributed by atoms with Gasteiger partial charge in [0, 0.05) is 24.3 Å². The number of esters is 1. The minimum atomic E-state index is -0.303. The molecule has 2 aliphatic rings. The first-order valence-corrected chi connectivity index (χ1v) is 7.46. The number of hydrogen-bond donors (Lipinski definition) is 1. The summed E-state index contributed by atoms with van der Waals surface area (Å²) >= 11 is 0. The molecule has 2 aliphatic heterocycles. The van der Waals surface area contributed by atoms with E-state index in [2.05, 4.69) is 34.5 Å². The second-order valence-corrected chi connectivity index (χ2v) is 5.99. The molecule has 1 aromatic carbocycles. The largest absolute Gasteiger partial charge is 0.441 e. The van der Waals surface area contributed by atoms with E-state index >= 15 is 0 Å². The molecule has 4 heteroatoms. The highest BCUT2D eigenvalue weighted by atomic mass is 16.6. The van der Waals surface area contributed by atoms with Crippen LogP contribution in [0.25, 0.3) is 0 Å². The quantitative estimate of drug-likeness (QED) is 0.860. The highest BCUT2D eigenvalue weighted by Crippen LogP contribution is 2.27. The Morgan fingerprint density at radius 2 is 1.85 bits per heavy atom. The van der Waals surface area contributed by atoms with Gasteiger partial charge in [-0.15, -0.1) is 0 Å². The molecule has 2 atom stereocenters. The molecule has 0 bridgehead atoms. The molecule has 2 fully saturated rings. The minimum Gasteiger partial charge on any atom is -0.441 e. The summed E-state index contributed by atoms with van der Waals surface area (Å²) in [6, 6.07) is 8.17. The summed E-state index contributed by atoms with van der Waals surface area (Å²) in [5.74, 6) is 0.102. The Bertz CT molecular complexity index is 478. The summed E-state index contributed by atoms with van der Waals surface area (Å²) in [5, 5.41) is 3.26. The number of anilines is 1. The molecule has 3 rings (SSSR count). The minimum absolute atomic E-state index is 0.145. The van der Waals surface area contributed by atoms with Crippen molar-refractivity contribution in [1.82, 2.24) is 5.32 Å². The average Bonchev–Trinajstić information content (AvgIpc) is 3.08. The maximum atomic E-state index is 11.8. The van der Waals surface area contributed by atoms with Crippen molar-refractivity contribution in [3.05, 3.63) is 29.8 Å². The highest BCUT2D eigenvalue weighted by molar-refractivity contribution is 5.78. The molecule has 2 heterocycles. The van der Waals surface area contributed by atoms with Crippen LogP contribution in [0.5, 0.6) is 0 Å². The lowest BCUT2D eigenvalue weighted by Gasteiger charge is -2.18. The third kappa shape index (κ3) is 2.52. The molecule has 0 amide bonds. The Balaban J connectivity index is 1.70. The fourth-order valence-corrected chi connectivity index (χ4v) is 2.92. The average molecular weight is 274 g/mol. The summed E-state index contributed by atoms with van der Waals surface area (Å²) in [6.07, 6.45) is 2.25. The van der Waals surface area contributed by atoms with Gasteiger partial charge in [-0.25, -0.2) is 0 Å². The van der Waals surface area contributed by atoms with Crippen LogP contribution in [0.1, 0.15) is 38.5 Å². The number of benzene rings is 1. The molecule has 0 saturated carbocycles. The Morgan fingerprint density at radius 3 is 2.40 bits per heavy atom. The molecule has 2 saturated heterocycles. The fraction of sp³-hybridized carbons (Fsp3) is 0.562. The molecule has 4 nitrogen and oxygen atoms in total. The number of carbonyl (C=O) groups excluding carboxylic acids is 1. The first-order chi connectivity index (χ1) is 9.65. The number of rotatable bonds is 3. The second-order valence-electron chi connectivity index (χ2n) is 5.99. The number of nitrogens with zero attached hydrogens (tertiary/aromatic N) is 1. The normalized spacial score (nSPS) is 26.4.